The van der Waals surface area contributed by atoms with Crippen LogP contribution in [0.25, 0.3) is 0 Å². The maximum absolute atomic E-state index is 11.3. The van der Waals surface area contributed by atoms with Gasteiger partial charge in [-0.15, -0.1) is 0 Å². The molecule has 0 aromatic carbocycles. The number of nitrogens with one attached hydrogen (secondary N) is 1. The Morgan fingerprint density at radius 3 is 2.62 bits per heavy atom. The number of carbonyl (C=O) groups excluding carboxylic acids is 1. The Morgan fingerprint density at radius 2 is 2.08 bits per heavy atom. The minimum absolute atomic E-state index is 0.105. The zero-order valence-electron chi connectivity index (χ0n) is 7.66. The predicted molar refractivity (Wildman–Crippen MR) is 50.6 cm³/mol. The van der Waals surface area contributed by atoms with E-state index in [1.54, 1.807) is 7.05 Å². The summed E-state index contributed by atoms with van der Waals surface area (Å²) >= 11 is -1.87. The monoisotopic (exact) mass is 205 g/mol. The van der Waals surface area contributed by atoms with Crippen molar-refractivity contribution in [2.75, 3.05) is 7.05 Å². The van der Waals surface area contributed by atoms with Gasteiger partial charge in [-0.25, -0.2) is 4.21 Å². The molecule has 1 aliphatic carbocycles. The quantitative estimate of drug-likeness (QED) is 0.646. The summed E-state index contributed by atoms with van der Waals surface area (Å²) in [6.07, 6.45) is 3.34. The maximum Gasteiger partial charge on any atom is 0.224 e. The molecule has 0 heterocycles. The van der Waals surface area contributed by atoms with Crippen LogP contribution in [0, 0.1) is 5.92 Å². The molecular weight excluding hydrogens is 190 g/mol. The van der Waals surface area contributed by atoms with E-state index in [0.29, 0.717) is 6.42 Å². The molecule has 0 saturated heterocycles. The smallest absolute Gasteiger partial charge is 0.224 e. The summed E-state index contributed by atoms with van der Waals surface area (Å²) in [5.74, 6) is -0.378. The topological polar surface area (TPSA) is 66.4 Å². The van der Waals surface area contributed by atoms with Gasteiger partial charge in [0.15, 0.2) is 11.1 Å². The average molecular weight is 205 g/mol. The Morgan fingerprint density at radius 1 is 1.46 bits per heavy atom. The molecule has 2 N–H and O–H groups in total. The molecule has 0 aliphatic heterocycles. The van der Waals surface area contributed by atoms with Crippen molar-refractivity contribution in [2.24, 2.45) is 5.92 Å². The molecule has 0 aromatic rings. The number of hydrogen-bond acceptors (Lipinski definition) is 2. The highest BCUT2D eigenvalue weighted by atomic mass is 32.2. The summed E-state index contributed by atoms with van der Waals surface area (Å²) < 4.78 is 19.9. The number of rotatable bonds is 2. The van der Waals surface area contributed by atoms with Gasteiger partial charge in [-0.05, 0) is 12.8 Å². The molecule has 1 rings (SSSR count). The zero-order chi connectivity index (χ0) is 9.84. The number of hydrogen-bond donors (Lipinski definition) is 2. The van der Waals surface area contributed by atoms with Crippen LogP contribution in [0.15, 0.2) is 0 Å². The fourth-order valence-electron chi connectivity index (χ4n) is 1.82. The van der Waals surface area contributed by atoms with Crippen molar-refractivity contribution in [3.05, 3.63) is 0 Å². The SMILES string of the molecule is CNC(=O)C1CCCCC1S(=O)O. The summed E-state index contributed by atoms with van der Waals surface area (Å²) in [7, 11) is 1.56. The second-order valence-corrected chi connectivity index (χ2v) is 4.48. The third kappa shape index (κ3) is 2.51. The van der Waals surface area contributed by atoms with E-state index in [-0.39, 0.29) is 17.1 Å². The van der Waals surface area contributed by atoms with Crippen LogP contribution < -0.4 is 5.32 Å². The Kier molecular flexibility index (Phi) is 3.87. The van der Waals surface area contributed by atoms with Crippen LogP contribution >= 0.6 is 0 Å². The van der Waals surface area contributed by atoms with Gasteiger partial charge in [0.05, 0.1) is 11.2 Å². The standard InChI is InChI=1S/C8H15NO3S/c1-9-8(10)6-4-2-3-5-7(6)13(11)12/h6-7H,2-5H2,1H3,(H,9,10)(H,11,12). The van der Waals surface area contributed by atoms with Crippen LogP contribution in [0.1, 0.15) is 25.7 Å². The van der Waals surface area contributed by atoms with Crippen molar-refractivity contribution in [1.82, 2.24) is 5.32 Å². The van der Waals surface area contributed by atoms with Gasteiger partial charge in [0.2, 0.25) is 5.91 Å². The average Bonchev–Trinajstić information content (AvgIpc) is 2.16. The predicted octanol–water partition coefficient (Wildman–Crippen LogP) is 0.513. The highest BCUT2D eigenvalue weighted by Gasteiger charge is 2.33. The first kappa shape index (κ1) is 10.7. The van der Waals surface area contributed by atoms with E-state index in [4.69, 9.17) is 4.55 Å². The van der Waals surface area contributed by atoms with Gasteiger partial charge in [-0.1, -0.05) is 12.8 Å². The molecule has 0 radical (unpaired) electrons. The molecule has 13 heavy (non-hydrogen) atoms. The minimum Gasteiger partial charge on any atom is -0.359 e. The Hall–Kier alpha value is -0.420. The van der Waals surface area contributed by atoms with Crippen molar-refractivity contribution in [3.8, 4) is 0 Å². The van der Waals surface area contributed by atoms with E-state index in [2.05, 4.69) is 5.32 Å². The lowest BCUT2D eigenvalue weighted by atomic mass is 9.88. The van der Waals surface area contributed by atoms with Gasteiger partial charge < -0.3 is 9.87 Å². The molecule has 1 aliphatic rings. The van der Waals surface area contributed by atoms with Crippen molar-refractivity contribution < 1.29 is 13.6 Å². The zero-order valence-corrected chi connectivity index (χ0v) is 8.47. The third-order valence-corrected chi connectivity index (χ3v) is 3.63. The first-order chi connectivity index (χ1) is 6.16. The van der Waals surface area contributed by atoms with E-state index in [1.165, 1.54) is 0 Å². The van der Waals surface area contributed by atoms with Crippen LogP contribution in [0.4, 0.5) is 0 Å². The fourth-order valence-corrected chi connectivity index (χ4v) is 2.73. The van der Waals surface area contributed by atoms with Crippen molar-refractivity contribution in [1.29, 1.82) is 0 Å². The van der Waals surface area contributed by atoms with Crippen LogP contribution in [-0.4, -0.2) is 27.0 Å². The first-order valence-corrected chi connectivity index (χ1v) is 5.65. The molecule has 0 aromatic heterocycles. The largest absolute Gasteiger partial charge is 0.359 e. The van der Waals surface area contributed by atoms with Crippen LogP contribution in [0.3, 0.4) is 0 Å². The Labute approximate surface area is 80.4 Å². The third-order valence-electron chi connectivity index (χ3n) is 2.54. The summed E-state index contributed by atoms with van der Waals surface area (Å²) in [4.78, 5) is 11.3. The highest BCUT2D eigenvalue weighted by molar-refractivity contribution is 7.79. The lowest BCUT2D eigenvalue weighted by molar-refractivity contribution is -0.125. The lowest BCUT2D eigenvalue weighted by Gasteiger charge is -2.27. The van der Waals surface area contributed by atoms with Gasteiger partial charge in [0.1, 0.15) is 0 Å². The summed E-state index contributed by atoms with van der Waals surface area (Å²) in [5.41, 5.74) is 0. The van der Waals surface area contributed by atoms with Gasteiger partial charge >= 0.3 is 0 Å². The summed E-state index contributed by atoms with van der Waals surface area (Å²) in [6, 6.07) is 0. The van der Waals surface area contributed by atoms with Gasteiger partial charge in [0.25, 0.3) is 0 Å². The number of carbonyl (C=O) groups is 1. The summed E-state index contributed by atoms with van der Waals surface area (Å²) in [6.45, 7) is 0. The van der Waals surface area contributed by atoms with Crippen LogP contribution in [-0.2, 0) is 15.9 Å². The molecule has 1 saturated carbocycles. The van der Waals surface area contributed by atoms with E-state index in [9.17, 15) is 9.00 Å². The molecular formula is C8H15NO3S. The van der Waals surface area contributed by atoms with Crippen molar-refractivity contribution in [2.45, 2.75) is 30.9 Å². The number of amides is 1. The highest BCUT2D eigenvalue weighted by Crippen LogP contribution is 2.27. The van der Waals surface area contributed by atoms with Gasteiger partial charge in [-0.2, -0.15) is 0 Å². The molecule has 1 amide bonds. The molecule has 76 valence electrons. The second-order valence-electron chi connectivity index (χ2n) is 3.32. The van der Waals surface area contributed by atoms with Gasteiger partial charge in [-0.3, -0.25) is 4.79 Å². The van der Waals surface area contributed by atoms with E-state index in [1.807, 2.05) is 0 Å². The van der Waals surface area contributed by atoms with E-state index < -0.39 is 11.1 Å². The normalized spacial score (nSPS) is 30.9. The van der Waals surface area contributed by atoms with Crippen molar-refractivity contribution in [3.63, 3.8) is 0 Å². The minimum atomic E-state index is -1.87. The molecule has 0 bridgehead atoms. The molecule has 5 heteroatoms. The molecule has 0 spiro atoms. The molecule has 3 atom stereocenters. The fraction of sp³-hybridized carbons (Fsp3) is 0.875. The van der Waals surface area contributed by atoms with E-state index >= 15 is 0 Å². The maximum atomic E-state index is 11.3. The first-order valence-electron chi connectivity index (χ1n) is 4.48. The lowest BCUT2D eigenvalue weighted by Crippen LogP contribution is -2.39. The van der Waals surface area contributed by atoms with Gasteiger partial charge in [0, 0.05) is 7.05 Å². The second kappa shape index (κ2) is 4.72. The molecule has 4 nitrogen and oxygen atoms in total. The Balaban J connectivity index is 2.67. The van der Waals surface area contributed by atoms with Crippen molar-refractivity contribution >= 4 is 17.0 Å². The van der Waals surface area contributed by atoms with Crippen LogP contribution in [0.5, 0.6) is 0 Å². The molecule has 1 fully saturated rings. The molecule has 3 unspecified atom stereocenters. The summed E-state index contributed by atoms with van der Waals surface area (Å²) in [5, 5.41) is 2.17. The van der Waals surface area contributed by atoms with Crippen LogP contribution in [0.2, 0.25) is 0 Å². The van der Waals surface area contributed by atoms with E-state index in [0.717, 1.165) is 19.3 Å². The Bertz CT molecular complexity index is 219.